The van der Waals surface area contributed by atoms with Gasteiger partial charge in [0.2, 0.25) is 5.91 Å². The Morgan fingerprint density at radius 1 is 1.34 bits per heavy atom. The number of primary amides is 1. The number of anilines is 1. The van der Waals surface area contributed by atoms with Gasteiger partial charge in [0.25, 0.3) is 5.91 Å². The van der Waals surface area contributed by atoms with Crippen LogP contribution in [0.5, 0.6) is 0 Å². The third-order valence-electron chi connectivity index (χ3n) is 4.54. The van der Waals surface area contributed by atoms with E-state index in [1.807, 2.05) is 0 Å². The van der Waals surface area contributed by atoms with Gasteiger partial charge in [0.05, 0.1) is 12.2 Å². The van der Waals surface area contributed by atoms with Gasteiger partial charge in [-0.1, -0.05) is 0 Å². The molecule has 0 saturated heterocycles. The lowest BCUT2D eigenvalue weighted by atomic mass is 9.95. The maximum absolute atomic E-state index is 13.2. The van der Waals surface area contributed by atoms with Crippen molar-refractivity contribution in [2.24, 2.45) is 5.73 Å². The van der Waals surface area contributed by atoms with Gasteiger partial charge < -0.3 is 15.8 Å². The summed E-state index contributed by atoms with van der Waals surface area (Å²) in [5, 5.41) is 6.45. The minimum absolute atomic E-state index is 0.142. The molecule has 0 unspecified atom stereocenters. The van der Waals surface area contributed by atoms with Crippen molar-refractivity contribution in [3.05, 3.63) is 33.5 Å². The summed E-state index contributed by atoms with van der Waals surface area (Å²) in [5.74, 6) is -1.22. The molecule has 11 heteroatoms. The molecule has 0 aliphatic heterocycles. The van der Waals surface area contributed by atoms with Crippen LogP contribution in [0.4, 0.5) is 18.2 Å². The second-order valence-corrected chi connectivity index (χ2v) is 7.77. The zero-order valence-corrected chi connectivity index (χ0v) is 16.6. The number of hydrogen-bond acceptors (Lipinski definition) is 5. The minimum atomic E-state index is -4.65. The highest BCUT2D eigenvalue weighted by Crippen LogP contribution is 2.38. The lowest BCUT2D eigenvalue weighted by Crippen LogP contribution is -2.22. The van der Waals surface area contributed by atoms with Crippen molar-refractivity contribution >= 4 is 28.2 Å². The fourth-order valence-corrected chi connectivity index (χ4v) is 4.64. The molecule has 0 fully saturated rings. The molecule has 1 aliphatic carbocycles. The summed E-state index contributed by atoms with van der Waals surface area (Å²) < 4.78 is 45.5. The summed E-state index contributed by atoms with van der Waals surface area (Å²) >= 11 is 1.29. The molecule has 0 aromatic carbocycles. The average Bonchev–Trinajstić information content (AvgIpc) is 3.20. The van der Waals surface area contributed by atoms with E-state index in [9.17, 15) is 22.8 Å². The topological polar surface area (TPSA) is 99.2 Å². The SMILES string of the molecule is CCOCc1cn(CC(=O)Nc2sc3c(c2C(N)=O)CCCC3)nc1C(F)(F)F. The number of rotatable bonds is 7. The van der Waals surface area contributed by atoms with Crippen LogP contribution in [0.15, 0.2) is 6.20 Å². The van der Waals surface area contributed by atoms with Gasteiger partial charge in [-0.25, -0.2) is 0 Å². The number of thiophene rings is 1. The normalized spacial score (nSPS) is 13.9. The first-order valence-electron chi connectivity index (χ1n) is 9.16. The van der Waals surface area contributed by atoms with E-state index in [0.29, 0.717) is 10.6 Å². The fourth-order valence-electron chi connectivity index (χ4n) is 3.33. The van der Waals surface area contributed by atoms with Crippen LogP contribution in [0, 0.1) is 0 Å². The fraction of sp³-hybridized carbons (Fsp3) is 0.500. The van der Waals surface area contributed by atoms with Gasteiger partial charge in [-0.15, -0.1) is 11.3 Å². The first-order valence-corrected chi connectivity index (χ1v) is 9.97. The van der Waals surface area contributed by atoms with E-state index in [-0.39, 0.29) is 18.8 Å². The van der Waals surface area contributed by atoms with Crippen LogP contribution < -0.4 is 11.1 Å². The highest BCUT2D eigenvalue weighted by Gasteiger charge is 2.37. The van der Waals surface area contributed by atoms with Crippen LogP contribution in [-0.4, -0.2) is 28.2 Å². The number of nitrogens with two attached hydrogens (primary N) is 1. The number of nitrogens with one attached hydrogen (secondary N) is 1. The highest BCUT2D eigenvalue weighted by molar-refractivity contribution is 7.17. The van der Waals surface area contributed by atoms with Crippen molar-refractivity contribution in [2.75, 3.05) is 11.9 Å². The van der Waals surface area contributed by atoms with Crippen LogP contribution in [0.2, 0.25) is 0 Å². The van der Waals surface area contributed by atoms with Gasteiger partial charge in [0.15, 0.2) is 5.69 Å². The number of alkyl halides is 3. The number of carbonyl (C=O) groups is 2. The highest BCUT2D eigenvalue weighted by atomic mass is 32.1. The van der Waals surface area contributed by atoms with E-state index in [2.05, 4.69) is 10.4 Å². The van der Waals surface area contributed by atoms with Crippen molar-refractivity contribution < 1.29 is 27.5 Å². The first-order chi connectivity index (χ1) is 13.7. The van der Waals surface area contributed by atoms with Gasteiger partial charge in [0.1, 0.15) is 11.5 Å². The molecule has 2 amide bonds. The van der Waals surface area contributed by atoms with Gasteiger partial charge in [-0.05, 0) is 38.2 Å². The lowest BCUT2D eigenvalue weighted by molar-refractivity contribution is -0.143. The maximum atomic E-state index is 13.2. The predicted octanol–water partition coefficient (Wildman–Crippen LogP) is 3.12. The van der Waals surface area contributed by atoms with Gasteiger partial charge in [-0.2, -0.15) is 18.3 Å². The number of ether oxygens (including phenoxy) is 1. The molecule has 3 N–H and O–H groups in total. The quantitative estimate of drug-likeness (QED) is 0.705. The van der Waals surface area contributed by atoms with Crippen LogP contribution in [-0.2, 0) is 41.7 Å². The summed E-state index contributed by atoms with van der Waals surface area (Å²) in [4.78, 5) is 25.3. The number of hydrogen-bond donors (Lipinski definition) is 2. The molecule has 0 atom stereocenters. The summed E-state index contributed by atoms with van der Waals surface area (Å²) in [5.41, 5.74) is 5.43. The second-order valence-electron chi connectivity index (χ2n) is 6.66. The molecule has 3 rings (SSSR count). The van der Waals surface area contributed by atoms with Crippen molar-refractivity contribution in [3.8, 4) is 0 Å². The van der Waals surface area contributed by atoms with E-state index >= 15 is 0 Å². The number of halogens is 3. The molecule has 158 valence electrons. The number of fused-ring (bicyclic) bond motifs is 1. The number of amides is 2. The molecular formula is C18H21F3N4O3S. The van der Waals surface area contributed by atoms with Crippen LogP contribution in [0.25, 0.3) is 0 Å². The molecule has 0 saturated carbocycles. The molecule has 7 nitrogen and oxygen atoms in total. The Hall–Kier alpha value is -2.40. The number of aryl methyl sites for hydroxylation is 1. The Morgan fingerprint density at radius 2 is 2.07 bits per heavy atom. The number of nitrogens with zero attached hydrogens (tertiary/aromatic N) is 2. The van der Waals surface area contributed by atoms with Crippen LogP contribution >= 0.6 is 11.3 Å². The van der Waals surface area contributed by atoms with E-state index in [4.69, 9.17) is 10.5 Å². The maximum Gasteiger partial charge on any atom is 0.435 e. The van der Waals surface area contributed by atoms with Crippen molar-refractivity contribution in [2.45, 2.75) is 51.9 Å². The summed E-state index contributed by atoms with van der Waals surface area (Å²) in [6.45, 7) is 1.23. The summed E-state index contributed by atoms with van der Waals surface area (Å²) in [6.07, 6.45) is -0.0464. The van der Waals surface area contributed by atoms with Gasteiger partial charge >= 0.3 is 6.18 Å². The molecule has 2 aromatic heterocycles. The van der Waals surface area contributed by atoms with Crippen LogP contribution in [0.1, 0.15) is 51.8 Å². The lowest BCUT2D eigenvalue weighted by Gasteiger charge is -2.11. The number of carbonyl (C=O) groups excluding carboxylic acids is 2. The molecule has 29 heavy (non-hydrogen) atoms. The Bertz CT molecular complexity index is 920. The molecule has 0 radical (unpaired) electrons. The molecule has 0 bridgehead atoms. The standard InChI is InChI=1S/C18H21F3N4O3S/c1-2-28-9-10-7-25(24-15(10)18(19,20)21)8-13(26)23-17-14(16(22)27)11-5-3-4-6-12(11)29-17/h7H,2-6,8-9H2,1H3,(H2,22,27)(H,23,26). The largest absolute Gasteiger partial charge is 0.435 e. The van der Waals surface area contributed by atoms with Crippen molar-refractivity contribution in [1.29, 1.82) is 0 Å². The van der Waals surface area contributed by atoms with E-state index in [0.717, 1.165) is 47.0 Å². The third-order valence-corrected chi connectivity index (χ3v) is 5.75. The Balaban J connectivity index is 1.79. The van der Waals surface area contributed by atoms with E-state index in [1.165, 1.54) is 11.3 Å². The minimum Gasteiger partial charge on any atom is -0.377 e. The molecule has 1 aliphatic rings. The van der Waals surface area contributed by atoms with Crippen molar-refractivity contribution in [3.63, 3.8) is 0 Å². The van der Waals surface area contributed by atoms with Crippen molar-refractivity contribution in [1.82, 2.24) is 9.78 Å². The molecule has 0 spiro atoms. The first kappa shape index (κ1) is 21.3. The predicted molar refractivity (Wildman–Crippen MR) is 101 cm³/mol. The monoisotopic (exact) mass is 430 g/mol. The Morgan fingerprint density at radius 3 is 2.72 bits per heavy atom. The smallest absolute Gasteiger partial charge is 0.377 e. The molecule has 2 heterocycles. The molecular weight excluding hydrogens is 409 g/mol. The van der Waals surface area contributed by atoms with Crippen LogP contribution in [0.3, 0.4) is 0 Å². The average molecular weight is 430 g/mol. The zero-order valence-electron chi connectivity index (χ0n) is 15.8. The second kappa shape index (κ2) is 8.54. The Kier molecular flexibility index (Phi) is 6.27. The summed E-state index contributed by atoms with van der Waals surface area (Å²) in [7, 11) is 0. The summed E-state index contributed by atoms with van der Waals surface area (Å²) in [6, 6.07) is 0. The number of aromatic nitrogens is 2. The van der Waals surface area contributed by atoms with E-state index < -0.39 is 30.2 Å². The zero-order chi connectivity index (χ0) is 21.2. The Labute approximate surface area is 169 Å². The molecule has 2 aromatic rings. The third kappa shape index (κ3) is 4.78. The van der Waals surface area contributed by atoms with Gasteiger partial charge in [0, 0.05) is 23.2 Å². The van der Waals surface area contributed by atoms with E-state index in [1.54, 1.807) is 6.92 Å². The van der Waals surface area contributed by atoms with Gasteiger partial charge in [-0.3, -0.25) is 14.3 Å².